The number of benzene rings is 3. The van der Waals surface area contributed by atoms with Gasteiger partial charge in [-0.1, -0.05) is 81.3 Å². The van der Waals surface area contributed by atoms with Crippen LogP contribution in [0.1, 0.15) is 72.8 Å². The highest BCUT2D eigenvalue weighted by molar-refractivity contribution is 7.10. The lowest BCUT2D eigenvalue weighted by molar-refractivity contribution is -0.144. The number of H-pyrrole nitrogens is 1. The number of hydrogen-bond donors (Lipinski definition) is 2. The van der Waals surface area contributed by atoms with Gasteiger partial charge in [0.15, 0.2) is 0 Å². The number of carbonyl (C=O) groups is 1. The Hall–Kier alpha value is -4.16. The van der Waals surface area contributed by atoms with Crippen molar-refractivity contribution in [2.45, 2.75) is 70.3 Å². The maximum Gasteiger partial charge on any atom is 0.316 e. The molecule has 5 aromatic rings. The van der Waals surface area contributed by atoms with E-state index in [-0.39, 0.29) is 0 Å². The molecule has 0 spiro atoms. The van der Waals surface area contributed by atoms with Crippen molar-refractivity contribution in [2.24, 2.45) is 0 Å². The van der Waals surface area contributed by atoms with Crippen molar-refractivity contribution < 1.29 is 14.6 Å². The summed E-state index contributed by atoms with van der Waals surface area (Å²) in [5.41, 5.74) is 4.89. The molecule has 1 unspecified atom stereocenters. The van der Waals surface area contributed by atoms with Gasteiger partial charge in [-0.3, -0.25) is 4.79 Å². The standard InChI is InChI=1S/C37H40N2O3S/c1-3-9-29(10-4-2)30-16-14-28(15-17-30)25-42-32-20-18-31(19-21-32)33-26-43-35(39-33)24-37(36(40)41,34-13-8-22-38-34)23-27-11-6-5-7-12-27/h5-8,11-22,26,29,38H,3-4,9-10,23-25H2,1-2H3,(H,40,41). The Labute approximate surface area is 258 Å². The molecule has 0 fully saturated rings. The summed E-state index contributed by atoms with van der Waals surface area (Å²) in [4.78, 5) is 20.9. The number of nitrogens with zero attached hydrogens (tertiary/aromatic N) is 1. The number of aliphatic carboxylic acids is 1. The minimum Gasteiger partial charge on any atom is -0.489 e. The number of carboxylic acid groups (broad SMARTS) is 1. The van der Waals surface area contributed by atoms with Crippen molar-refractivity contribution >= 4 is 17.3 Å². The molecule has 0 radical (unpaired) electrons. The third kappa shape index (κ3) is 7.44. The zero-order valence-electron chi connectivity index (χ0n) is 25.0. The summed E-state index contributed by atoms with van der Waals surface area (Å²) >= 11 is 1.50. The minimum absolute atomic E-state index is 0.292. The van der Waals surface area contributed by atoms with Crippen LogP contribution in [0.15, 0.2) is 103 Å². The number of carboxylic acids is 1. The molecule has 2 heterocycles. The van der Waals surface area contributed by atoms with E-state index in [9.17, 15) is 9.90 Å². The number of thiazole rings is 1. The topological polar surface area (TPSA) is 75.2 Å². The highest BCUT2D eigenvalue weighted by atomic mass is 32.1. The average Bonchev–Trinajstić information content (AvgIpc) is 3.74. The number of aromatic nitrogens is 2. The first-order chi connectivity index (χ1) is 21.0. The van der Waals surface area contributed by atoms with Crippen LogP contribution < -0.4 is 4.74 Å². The molecule has 2 N–H and O–H groups in total. The molecule has 0 saturated heterocycles. The van der Waals surface area contributed by atoms with Crippen LogP contribution in [0.4, 0.5) is 0 Å². The Balaban J connectivity index is 1.25. The van der Waals surface area contributed by atoms with Gasteiger partial charge in [-0.25, -0.2) is 4.98 Å². The van der Waals surface area contributed by atoms with Crippen LogP contribution in [0.2, 0.25) is 0 Å². The molecule has 5 nitrogen and oxygen atoms in total. The highest BCUT2D eigenvalue weighted by Crippen LogP contribution is 2.35. The Kier molecular flexibility index (Phi) is 10.1. The summed E-state index contributed by atoms with van der Waals surface area (Å²) in [7, 11) is 0. The van der Waals surface area contributed by atoms with Gasteiger partial charge in [0.1, 0.15) is 17.8 Å². The van der Waals surface area contributed by atoms with Gasteiger partial charge in [0, 0.05) is 29.3 Å². The smallest absolute Gasteiger partial charge is 0.316 e. The highest BCUT2D eigenvalue weighted by Gasteiger charge is 2.42. The molecule has 0 amide bonds. The summed E-state index contributed by atoms with van der Waals surface area (Å²) in [6, 6.07) is 30.3. The molecule has 6 heteroatoms. The van der Waals surface area contributed by atoms with Gasteiger partial charge < -0.3 is 14.8 Å². The van der Waals surface area contributed by atoms with Crippen LogP contribution in [0, 0.1) is 0 Å². The van der Waals surface area contributed by atoms with Crippen molar-refractivity contribution in [3.8, 4) is 17.0 Å². The molecule has 0 saturated carbocycles. The maximum absolute atomic E-state index is 12.8. The van der Waals surface area contributed by atoms with E-state index >= 15 is 0 Å². The Morgan fingerprint density at radius 3 is 2.23 bits per heavy atom. The van der Waals surface area contributed by atoms with E-state index in [4.69, 9.17) is 9.72 Å². The van der Waals surface area contributed by atoms with Gasteiger partial charge in [-0.15, -0.1) is 11.3 Å². The van der Waals surface area contributed by atoms with E-state index in [1.54, 1.807) is 6.20 Å². The molecule has 0 aliphatic heterocycles. The Morgan fingerprint density at radius 1 is 0.884 bits per heavy atom. The number of rotatable bonds is 15. The molecule has 1 atom stereocenters. The largest absolute Gasteiger partial charge is 0.489 e. The van der Waals surface area contributed by atoms with Crippen LogP contribution in [-0.2, 0) is 29.7 Å². The molecule has 0 bridgehead atoms. The minimum atomic E-state index is -1.15. The van der Waals surface area contributed by atoms with Crippen molar-refractivity contribution in [3.05, 3.63) is 130 Å². The summed E-state index contributed by atoms with van der Waals surface area (Å²) < 4.78 is 6.09. The summed E-state index contributed by atoms with van der Waals surface area (Å²) in [6.07, 6.45) is 7.32. The molecular weight excluding hydrogens is 552 g/mol. The number of aromatic amines is 1. The van der Waals surface area contributed by atoms with Gasteiger partial charge in [0.25, 0.3) is 0 Å². The second kappa shape index (κ2) is 14.3. The van der Waals surface area contributed by atoms with Crippen LogP contribution in [0.3, 0.4) is 0 Å². The summed E-state index contributed by atoms with van der Waals surface area (Å²) in [5.74, 6) is 0.577. The van der Waals surface area contributed by atoms with Crippen molar-refractivity contribution in [3.63, 3.8) is 0 Å². The van der Waals surface area contributed by atoms with E-state index in [1.165, 1.54) is 42.6 Å². The monoisotopic (exact) mass is 592 g/mol. The fraction of sp³-hybridized carbons (Fsp3) is 0.297. The lowest BCUT2D eigenvalue weighted by Crippen LogP contribution is -2.40. The zero-order valence-corrected chi connectivity index (χ0v) is 25.8. The number of ether oxygens (including phenoxy) is 1. The molecule has 0 aliphatic rings. The van der Waals surface area contributed by atoms with Crippen molar-refractivity contribution in [1.29, 1.82) is 0 Å². The SMILES string of the molecule is CCCC(CCC)c1ccc(COc2ccc(-c3csc(CC(Cc4ccccc4)(C(=O)O)c4ccc[nH]4)n3)cc2)cc1. The van der Waals surface area contributed by atoms with Crippen LogP contribution >= 0.6 is 11.3 Å². The number of hydrogen-bond acceptors (Lipinski definition) is 4. The third-order valence-electron chi connectivity index (χ3n) is 8.16. The second-order valence-electron chi connectivity index (χ2n) is 11.3. The summed E-state index contributed by atoms with van der Waals surface area (Å²) in [5, 5.41) is 13.3. The molecule has 5 rings (SSSR count). The van der Waals surface area contributed by atoms with Gasteiger partial charge in [-0.05, 0) is 78.3 Å². The lowest BCUT2D eigenvalue weighted by atomic mass is 9.76. The predicted octanol–water partition coefficient (Wildman–Crippen LogP) is 9.21. The Morgan fingerprint density at radius 2 is 1.60 bits per heavy atom. The molecule has 3 aromatic carbocycles. The lowest BCUT2D eigenvalue weighted by Gasteiger charge is -2.28. The molecule has 43 heavy (non-hydrogen) atoms. The first-order valence-corrected chi connectivity index (χ1v) is 16.1. The maximum atomic E-state index is 12.8. The van der Waals surface area contributed by atoms with E-state index in [0.717, 1.165) is 33.1 Å². The van der Waals surface area contributed by atoms with E-state index in [0.29, 0.717) is 31.1 Å². The Bertz CT molecular complexity index is 1550. The molecule has 2 aromatic heterocycles. The summed E-state index contributed by atoms with van der Waals surface area (Å²) in [6.45, 7) is 5.03. The van der Waals surface area contributed by atoms with Crippen molar-refractivity contribution in [1.82, 2.24) is 9.97 Å². The fourth-order valence-electron chi connectivity index (χ4n) is 5.82. The molecule has 222 valence electrons. The average molecular weight is 593 g/mol. The third-order valence-corrected chi connectivity index (χ3v) is 9.01. The first kappa shape index (κ1) is 30.3. The van der Waals surface area contributed by atoms with Gasteiger partial charge in [0.2, 0.25) is 0 Å². The van der Waals surface area contributed by atoms with E-state index in [2.05, 4.69) is 43.1 Å². The first-order valence-electron chi connectivity index (χ1n) is 15.2. The van der Waals surface area contributed by atoms with E-state index < -0.39 is 11.4 Å². The normalized spacial score (nSPS) is 12.7. The van der Waals surface area contributed by atoms with Crippen LogP contribution in [0.5, 0.6) is 5.75 Å². The van der Waals surface area contributed by atoms with Crippen LogP contribution in [0.25, 0.3) is 11.3 Å². The van der Waals surface area contributed by atoms with Gasteiger partial charge >= 0.3 is 5.97 Å². The fourth-order valence-corrected chi connectivity index (χ4v) is 6.74. The second-order valence-corrected chi connectivity index (χ2v) is 12.2. The van der Waals surface area contributed by atoms with Gasteiger partial charge in [-0.2, -0.15) is 0 Å². The molecule has 0 aliphatic carbocycles. The number of nitrogens with one attached hydrogen (secondary N) is 1. The van der Waals surface area contributed by atoms with Crippen molar-refractivity contribution in [2.75, 3.05) is 0 Å². The van der Waals surface area contributed by atoms with Gasteiger partial charge in [0.05, 0.1) is 10.7 Å². The zero-order chi connectivity index (χ0) is 30.1. The molecular formula is C37H40N2O3S. The quantitative estimate of drug-likeness (QED) is 0.127. The predicted molar refractivity (Wildman–Crippen MR) is 175 cm³/mol. The van der Waals surface area contributed by atoms with Crippen LogP contribution in [-0.4, -0.2) is 21.0 Å². The van der Waals surface area contributed by atoms with E-state index in [1.807, 2.05) is 72.1 Å².